The van der Waals surface area contributed by atoms with Crippen LogP contribution >= 0.6 is 23.4 Å². The number of piperazine rings is 1. The Morgan fingerprint density at radius 1 is 1.18 bits per heavy atom. The molecule has 1 aromatic carbocycles. The van der Waals surface area contributed by atoms with Gasteiger partial charge < -0.3 is 20.4 Å². The second-order valence-electron chi connectivity index (χ2n) is 7.95. The molecule has 0 bridgehead atoms. The summed E-state index contributed by atoms with van der Waals surface area (Å²) < 4.78 is 14.1. The number of anilines is 2. The average Bonchev–Trinajstić information content (AvgIpc) is 3.02. The van der Waals surface area contributed by atoms with Crippen LogP contribution in [0, 0.1) is 5.82 Å². The van der Waals surface area contributed by atoms with E-state index in [0.717, 1.165) is 12.8 Å². The maximum atomic E-state index is 14.1. The van der Waals surface area contributed by atoms with E-state index >= 15 is 0 Å². The minimum Gasteiger partial charge on any atom is -0.366 e. The van der Waals surface area contributed by atoms with Crippen molar-refractivity contribution in [3.8, 4) is 0 Å². The third-order valence-electron chi connectivity index (χ3n) is 5.66. The van der Waals surface area contributed by atoms with Crippen molar-refractivity contribution in [1.29, 1.82) is 0 Å². The first-order valence-corrected chi connectivity index (χ1v) is 12.3. The molecule has 3 heterocycles. The smallest absolute Gasteiger partial charge is 0.242 e. The van der Waals surface area contributed by atoms with Crippen molar-refractivity contribution in [2.24, 2.45) is 0 Å². The summed E-state index contributed by atoms with van der Waals surface area (Å²) in [5, 5.41) is 6.29. The van der Waals surface area contributed by atoms with Gasteiger partial charge in [0.2, 0.25) is 11.8 Å². The van der Waals surface area contributed by atoms with Crippen LogP contribution in [0.25, 0.3) is 0 Å². The topological polar surface area (TPSA) is 90.5 Å². The van der Waals surface area contributed by atoms with E-state index in [4.69, 9.17) is 11.6 Å². The fourth-order valence-electron chi connectivity index (χ4n) is 3.94. The van der Waals surface area contributed by atoms with Crippen LogP contribution in [0.4, 0.5) is 15.9 Å². The van der Waals surface area contributed by atoms with Crippen molar-refractivity contribution >= 4 is 46.7 Å². The summed E-state index contributed by atoms with van der Waals surface area (Å²) in [4.78, 5) is 37.3. The molecule has 2 aromatic rings. The first-order chi connectivity index (χ1) is 16.0. The van der Waals surface area contributed by atoms with Gasteiger partial charge in [-0.3, -0.25) is 9.59 Å². The van der Waals surface area contributed by atoms with Crippen molar-refractivity contribution in [1.82, 2.24) is 20.6 Å². The number of benzene rings is 1. The Labute approximate surface area is 201 Å². The van der Waals surface area contributed by atoms with Crippen LogP contribution in [0.1, 0.15) is 19.3 Å². The van der Waals surface area contributed by atoms with Gasteiger partial charge in [-0.25, -0.2) is 14.4 Å². The minimum absolute atomic E-state index is 0.0879. The van der Waals surface area contributed by atoms with Gasteiger partial charge >= 0.3 is 0 Å². The highest BCUT2D eigenvalue weighted by Gasteiger charge is 2.23. The summed E-state index contributed by atoms with van der Waals surface area (Å²) in [6.07, 6.45) is 2.45. The van der Waals surface area contributed by atoms with Crippen LogP contribution in [0.5, 0.6) is 0 Å². The predicted octanol–water partition coefficient (Wildman–Crippen LogP) is 2.47. The Morgan fingerprint density at radius 2 is 1.94 bits per heavy atom. The Morgan fingerprint density at radius 3 is 2.73 bits per heavy atom. The summed E-state index contributed by atoms with van der Waals surface area (Å²) in [5.74, 6) is 0.154. The molecule has 2 saturated heterocycles. The minimum atomic E-state index is -0.498. The second kappa shape index (κ2) is 11.0. The van der Waals surface area contributed by atoms with E-state index in [-0.39, 0.29) is 23.4 Å². The Hall–Kier alpha value is -2.59. The highest BCUT2D eigenvalue weighted by atomic mass is 35.5. The fourth-order valence-corrected chi connectivity index (χ4v) is 4.83. The molecule has 11 heteroatoms. The van der Waals surface area contributed by atoms with Crippen LogP contribution in [-0.2, 0) is 9.59 Å². The van der Waals surface area contributed by atoms with Gasteiger partial charge in [0.15, 0.2) is 5.16 Å². The number of aromatic nitrogens is 2. The maximum absolute atomic E-state index is 14.1. The van der Waals surface area contributed by atoms with Gasteiger partial charge in [-0.15, -0.1) is 0 Å². The molecule has 2 amide bonds. The number of nitrogens with one attached hydrogen (secondary N) is 2. The lowest BCUT2D eigenvalue weighted by Gasteiger charge is -2.36. The lowest BCUT2D eigenvalue weighted by Crippen LogP contribution is -2.47. The number of amides is 2. The SMILES string of the molecule is O=C(CSc1nc(Cl)cc(N2CCN(c3ccccc3F)CC2)n1)NC1CCCCNC1=O. The molecule has 0 radical (unpaired) electrons. The largest absolute Gasteiger partial charge is 0.366 e. The molecule has 1 atom stereocenters. The third kappa shape index (κ3) is 6.26. The molecule has 2 N–H and O–H groups in total. The van der Waals surface area contributed by atoms with Crippen LogP contribution in [-0.4, -0.2) is 66.3 Å². The first kappa shape index (κ1) is 23.6. The van der Waals surface area contributed by atoms with Crippen LogP contribution in [0.2, 0.25) is 5.15 Å². The van der Waals surface area contributed by atoms with Gasteiger partial charge in [0.1, 0.15) is 22.8 Å². The van der Waals surface area contributed by atoms with Crippen molar-refractivity contribution in [2.75, 3.05) is 48.3 Å². The molecule has 4 rings (SSSR count). The second-order valence-corrected chi connectivity index (χ2v) is 9.28. The van der Waals surface area contributed by atoms with Crippen molar-refractivity contribution < 1.29 is 14.0 Å². The molecule has 2 fully saturated rings. The van der Waals surface area contributed by atoms with Crippen molar-refractivity contribution in [3.05, 3.63) is 41.3 Å². The van der Waals surface area contributed by atoms with Gasteiger partial charge in [0.05, 0.1) is 11.4 Å². The zero-order chi connectivity index (χ0) is 23.2. The predicted molar refractivity (Wildman–Crippen MR) is 127 cm³/mol. The molecule has 1 unspecified atom stereocenters. The number of rotatable bonds is 6. The molecule has 176 valence electrons. The summed E-state index contributed by atoms with van der Waals surface area (Å²) in [5.41, 5.74) is 0.600. The van der Waals surface area contributed by atoms with E-state index < -0.39 is 6.04 Å². The standard InChI is InChI=1S/C22H26ClFN6O2S/c23-18-13-19(30-11-9-29(10-12-30)17-7-2-1-5-15(17)24)28-22(27-18)33-14-20(31)26-16-6-3-4-8-25-21(16)32/h1-2,5,7,13,16H,3-4,6,8-12,14H2,(H,25,32)(H,26,31). The van der Waals surface area contributed by atoms with Crippen LogP contribution in [0.15, 0.2) is 35.5 Å². The number of para-hydroxylation sites is 1. The zero-order valence-corrected chi connectivity index (χ0v) is 19.7. The first-order valence-electron chi connectivity index (χ1n) is 11.0. The number of hydrogen-bond acceptors (Lipinski definition) is 7. The Balaban J connectivity index is 1.33. The van der Waals surface area contributed by atoms with Gasteiger partial charge in [0.25, 0.3) is 0 Å². The lowest BCUT2D eigenvalue weighted by atomic mass is 10.1. The quantitative estimate of drug-likeness (QED) is 0.363. The molecule has 33 heavy (non-hydrogen) atoms. The fraction of sp³-hybridized carbons (Fsp3) is 0.455. The van der Waals surface area contributed by atoms with Crippen LogP contribution in [0.3, 0.4) is 0 Å². The van der Waals surface area contributed by atoms with E-state index in [2.05, 4.69) is 25.5 Å². The zero-order valence-electron chi connectivity index (χ0n) is 18.1. The van der Waals surface area contributed by atoms with Crippen molar-refractivity contribution in [3.63, 3.8) is 0 Å². The highest BCUT2D eigenvalue weighted by Crippen LogP contribution is 2.25. The number of halogens is 2. The molecule has 0 aliphatic carbocycles. The molecular formula is C22H26ClFN6O2S. The molecule has 2 aliphatic heterocycles. The summed E-state index contributed by atoms with van der Waals surface area (Å²) in [6.45, 7) is 3.26. The Bertz CT molecular complexity index is 1000. The number of carbonyl (C=O) groups excluding carboxylic acids is 2. The normalized spacial score (nSPS) is 19.1. The van der Waals surface area contributed by atoms with Crippen LogP contribution < -0.4 is 20.4 Å². The van der Waals surface area contributed by atoms with E-state index in [1.165, 1.54) is 17.8 Å². The third-order valence-corrected chi connectivity index (χ3v) is 6.70. The summed E-state index contributed by atoms with van der Waals surface area (Å²) >= 11 is 7.40. The molecular weight excluding hydrogens is 467 g/mol. The van der Waals surface area contributed by atoms with E-state index in [0.29, 0.717) is 61.0 Å². The monoisotopic (exact) mass is 492 g/mol. The number of hydrogen-bond donors (Lipinski definition) is 2. The molecule has 0 saturated carbocycles. The van der Waals surface area contributed by atoms with E-state index in [9.17, 15) is 14.0 Å². The van der Waals surface area contributed by atoms with E-state index in [1.807, 2.05) is 11.0 Å². The maximum Gasteiger partial charge on any atom is 0.242 e. The Kier molecular flexibility index (Phi) is 7.87. The molecule has 1 aromatic heterocycles. The van der Waals surface area contributed by atoms with Gasteiger partial charge in [-0.1, -0.05) is 35.5 Å². The number of nitrogens with zero attached hydrogens (tertiary/aromatic N) is 4. The molecule has 2 aliphatic rings. The van der Waals surface area contributed by atoms with Gasteiger partial charge in [-0.05, 0) is 31.4 Å². The number of carbonyl (C=O) groups is 2. The highest BCUT2D eigenvalue weighted by molar-refractivity contribution is 7.99. The summed E-state index contributed by atoms with van der Waals surface area (Å²) in [7, 11) is 0. The van der Waals surface area contributed by atoms with E-state index in [1.54, 1.807) is 18.2 Å². The van der Waals surface area contributed by atoms with Gasteiger partial charge in [0, 0.05) is 38.8 Å². The number of thioether (sulfide) groups is 1. The average molecular weight is 493 g/mol. The van der Waals surface area contributed by atoms with Gasteiger partial charge in [-0.2, -0.15) is 0 Å². The molecule has 8 nitrogen and oxygen atoms in total. The summed E-state index contributed by atoms with van der Waals surface area (Å²) in [6, 6.07) is 7.96. The molecule has 0 spiro atoms. The lowest BCUT2D eigenvalue weighted by molar-refractivity contribution is -0.127. The van der Waals surface area contributed by atoms with Crippen molar-refractivity contribution in [2.45, 2.75) is 30.5 Å².